The third kappa shape index (κ3) is 4.73. The van der Waals surface area contributed by atoms with Crippen molar-refractivity contribution >= 4 is 16.9 Å². The van der Waals surface area contributed by atoms with E-state index in [1.807, 2.05) is 24.3 Å². The van der Waals surface area contributed by atoms with E-state index in [9.17, 15) is 4.79 Å². The van der Waals surface area contributed by atoms with Crippen molar-refractivity contribution in [1.29, 1.82) is 0 Å². The summed E-state index contributed by atoms with van der Waals surface area (Å²) in [6.45, 7) is 1.72. The molecule has 0 aliphatic rings. The number of para-hydroxylation sites is 2. The summed E-state index contributed by atoms with van der Waals surface area (Å²) in [6.07, 6.45) is 0.444. The van der Waals surface area contributed by atoms with Gasteiger partial charge in [0.15, 0.2) is 0 Å². The van der Waals surface area contributed by atoms with Crippen molar-refractivity contribution < 1.29 is 27.2 Å². The number of nitrogens with one attached hydrogen (secondary N) is 1. The van der Waals surface area contributed by atoms with Gasteiger partial charge in [0.2, 0.25) is 5.91 Å². The summed E-state index contributed by atoms with van der Waals surface area (Å²) in [5.74, 6) is -0.245. The Bertz CT molecular complexity index is 385. The van der Waals surface area contributed by atoms with Crippen molar-refractivity contribution in [2.45, 2.75) is 13.3 Å². The number of rotatable bonds is 1. The molecule has 15 heavy (non-hydrogen) atoms. The van der Waals surface area contributed by atoms with Crippen molar-refractivity contribution in [3.8, 4) is 0 Å². The van der Waals surface area contributed by atoms with Gasteiger partial charge in [-0.3, -0.25) is 4.79 Å². The normalized spacial score (nSPS) is 8.60. The number of H-pyrrole nitrogens is 1. The zero-order valence-electron chi connectivity index (χ0n) is 8.20. The van der Waals surface area contributed by atoms with Gasteiger partial charge < -0.3 is 5.73 Å². The number of nitrogens with zero attached hydrogens (tertiary/aromatic N) is 2. The van der Waals surface area contributed by atoms with Crippen molar-refractivity contribution in [2.24, 2.45) is 5.73 Å². The molecule has 1 aromatic heterocycles. The van der Waals surface area contributed by atoms with Gasteiger partial charge in [-0.2, -0.15) is 15.4 Å². The van der Waals surface area contributed by atoms with Crippen LogP contribution in [0.25, 0.3) is 11.0 Å². The molecule has 0 saturated carbocycles. The first-order valence-electron chi connectivity index (χ1n) is 4.28. The van der Waals surface area contributed by atoms with E-state index < -0.39 is 0 Å². The summed E-state index contributed by atoms with van der Waals surface area (Å²) in [6, 6.07) is 7.70. The SMILES string of the molecule is CCC(N)=O.[Ag].c1ccc2n[nH]nc2c1. The summed E-state index contributed by atoms with van der Waals surface area (Å²) in [7, 11) is 0. The van der Waals surface area contributed by atoms with Crippen LogP contribution < -0.4 is 5.73 Å². The number of aromatic nitrogens is 3. The molecule has 2 rings (SSSR count). The fourth-order valence-electron chi connectivity index (χ4n) is 0.786. The molecule has 0 fully saturated rings. The summed E-state index contributed by atoms with van der Waals surface area (Å²) in [5.41, 5.74) is 6.48. The van der Waals surface area contributed by atoms with Crippen molar-refractivity contribution in [3.63, 3.8) is 0 Å². The van der Waals surface area contributed by atoms with Gasteiger partial charge in [-0.1, -0.05) is 19.1 Å². The van der Waals surface area contributed by atoms with Gasteiger partial charge >= 0.3 is 0 Å². The molecule has 85 valence electrons. The van der Waals surface area contributed by atoms with Crippen molar-refractivity contribution in [2.75, 3.05) is 0 Å². The second-order valence-corrected chi connectivity index (χ2v) is 2.63. The van der Waals surface area contributed by atoms with E-state index in [4.69, 9.17) is 0 Å². The molecule has 3 N–H and O–H groups in total. The minimum atomic E-state index is -0.245. The number of aromatic amines is 1. The number of primary amides is 1. The maximum absolute atomic E-state index is 9.59. The van der Waals surface area contributed by atoms with E-state index in [-0.39, 0.29) is 28.3 Å². The Labute approximate surface area is 103 Å². The molecule has 0 atom stereocenters. The standard InChI is InChI=1S/C6H5N3.C3H7NO.Ag/c1-2-4-6-5(3-1)7-9-8-6;1-2-3(4)5;/h1-4H,(H,7,8,9);2H2,1H3,(H2,4,5);. The van der Waals surface area contributed by atoms with Crippen LogP contribution in [0, 0.1) is 0 Å². The minimum Gasteiger partial charge on any atom is -0.370 e. The van der Waals surface area contributed by atoms with E-state index in [1.54, 1.807) is 6.92 Å². The van der Waals surface area contributed by atoms with Gasteiger partial charge in [0.05, 0.1) is 0 Å². The molecule has 1 radical (unpaired) electrons. The third-order valence-corrected chi connectivity index (χ3v) is 1.57. The van der Waals surface area contributed by atoms with Crippen LogP contribution in [0.1, 0.15) is 13.3 Å². The van der Waals surface area contributed by atoms with Crippen molar-refractivity contribution in [1.82, 2.24) is 15.4 Å². The summed E-state index contributed by atoms with van der Waals surface area (Å²) in [4.78, 5) is 9.59. The second-order valence-electron chi connectivity index (χ2n) is 2.63. The maximum atomic E-state index is 9.59. The van der Waals surface area contributed by atoms with Crippen LogP contribution in [0.3, 0.4) is 0 Å². The van der Waals surface area contributed by atoms with Gasteiger partial charge in [-0.05, 0) is 12.1 Å². The molecule has 0 aliphatic carbocycles. The quantitative estimate of drug-likeness (QED) is 0.765. The Morgan fingerprint density at radius 3 is 2.07 bits per heavy atom. The van der Waals surface area contributed by atoms with E-state index >= 15 is 0 Å². The van der Waals surface area contributed by atoms with Crippen LogP contribution in [-0.2, 0) is 27.2 Å². The van der Waals surface area contributed by atoms with E-state index in [0.717, 1.165) is 11.0 Å². The number of fused-ring (bicyclic) bond motifs is 1. The largest absolute Gasteiger partial charge is 0.370 e. The predicted molar refractivity (Wildman–Crippen MR) is 53.4 cm³/mol. The van der Waals surface area contributed by atoms with E-state index in [1.165, 1.54) is 0 Å². The topological polar surface area (TPSA) is 84.7 Å². The zero-order valence-corrected chi connectivity index (χ0v) is 9.68. The summed E-state index contributed by atoms with van der Waals surface area (Å²) >= 11 is 0. The van der Waals surface area contributed by atoms with Crippen LogP contribution in [0.5, 0.6) is 0 Å². The number of carbonyl (C=O) groups is 1. The fraction of sp³-hybridized carbons (Fsp3) is 0.222. The minimum absolute atomic E-state index is 0. The number of nitrogens with two attached hydrogens (primary N) is 1. The molecule has 0 aliphatic heterocycles. The number of carbonyl (C=O) groups excluding carboxylic acids is 1. The molecule has 0 unspecified atom stereocenters. The Hall–Kier alpha value is -1.17. The first kappa shape index (κ1) is 13.8. The fourth-order valence-corrected chi connectivity index (χ4v) is 0.786. The van der Waals surface area contributed by atoms with Gasteiger partial charge in [-0.25, -0.2) is 0 Å². The second kappa shape index (κ2) is 7.17. The molecular weight excluding hydrogens is 288 g/mol. The van der Waals surface area contributed by atoms with Gasteiger partial charge in [0, 0.05) is 28.8 Å². The molecule has 1 heterocycles. The Kier molecular flexibility index (Phi) is 6.61. The van der Waals surface area contributed by atoms with Crippen LogP contribution in [-0.4, -0.2) is 21.3 Å². The smallest absolute Gasteiger partial charge is 0.217 e. The molecule has 0 saturated heterocycles. The van der Waals surface area contributed by atoms with Crippen LogP contribution in [0.4, 0.5) is 0 Å². The number of hydrogen-bond acceptors (Lipinski definition) is 3. The number of amides is 1. The summed E-state index contributed by atoms with van der Waals surface area (Å²) in [5, 5.41) is 10.3. The first-order chi connectivity index (χ1) is 6.74. The molecule has 2 aromatic rings. The van der Waals surface area contributed by atoms with Gasteiger partial charge in [0.25, 0.3) is 0 Å². The van der Waals surface area contributed by atoms with Crippen molar-refractivity contribution in [3.05, 3.63) is 24.3 Å². The zero-order chi connectivity index (χ0) is 10.4. The molecule has 1 aromatic carbocycles. The Morgan fingerprint density at radius 2 is 1.73 bits per heavy atom. The average Bonchev–Trinajstić information content (AvgIpc) is 2.66. The Morgan fingerprint density at radius 1 is 1.33 bits per heavy atom. The average molecular weight is 300 g/mol. The van der Waals surface area contributed by atoms with Gasteiger partial charge in [0.1, 0.15) is 11.0 Å². The molecule has 0 bridgehead atoms. The molecule has 1 amide bonds. The van der Waals surface area contributed by atoms with Crippen LogP contribution in [0.2, 0.25) is 0 Å². The van der Waals surface area contributed by atoms with E-state index in [0.29, 0.717) is 6.42 Å². The molecular formula is C9H12AgN4O. The predicted octanol–water partition coefficient (Wildman–Crippen LogP) is 0.837. The Balaban J connectivity index is 0.000000289. The number of benzene rings is 1. The van der Waals surface area contributed by atoms with Crippen LogP contribution >= 0.6 is 0 Å². The third-order valence-electron chi connectivity index (χ3n) is 1.57. The summed E-state index contributed by atoms with van der Waals surface area (Å²) < 4.78 is 0. The van der Waals surface area contributed by atoms with Crippen LogP contribution in [0.15, 0.2) is 24.3 Å². The first-order valence-corrected chi connectivity index (χ1v) is 4.28. The maximum Gasteiger partial charge on any atom is 0.217 e. The molecule has 6 heteroatoms. The molecule has 5 nitrogen and oxygen atoms in total. The molecule has 0 spiro atoms. The van der Waals surface area contributed by atoms with E-state index in [2.05, 4.69) is 21.1 Å². The number of hydrogen-bond donors (Lipinski definition) is 2. The monoisotopic (exact) mass is 299 g/mol. The van der Waals surface area contributed by atoms with Gasteiger partial charge in [-0.15, -0.1) is 0 Å².